The smallest absolute Gasteiger partial charge is 0.246 e. The number of aryl methyl sites for hydroxylation is 2. The van der Waals surface area contributed by atoms with Crippen LogP contribution in [0.5, 0.6) is 0 Å². The van der Waals surface area contributed by atoms with Crippen LogP contribution >= 0.6 is 0 Å². The van der Waals surface area contributed by atoms with Gasteiger partial charge in [0.25, 0.3) is 0 Å². The van der Waals surface area contributed by atoms with Gasteiger partial charge in [-0.05, 0) is 51.5 Å². The first kappa shape index (κ1) is 18.9. The standard InChI is InChI=1S/C18H32N4O2S/c1-13(2)17-12-22(10-6-9-21(17)11-16-7-8-16)25(23,24)18-14(3)19-20(5)15(18)4/h13,16-17H,6-12H2,1-5H3. The van der Waals surface area contributed by atoms with Crippen molar-refractivity contribution in [1.82, 2.24) is 19.0 Å². The highest BCUT2D eigenvalue weighted by atomic mass is 32.2. The molecule has 3 rings (SSSR count). The summed E-state index contributed by atoms with van der Waals surface area (Å²) in [7, 11) is -1.70. The van der Waals surface area contributed by atoms with E-state index in [4.69, 9.17) is 0 Å². The van der Waals surface area contributed by atoms with Gasteiger partial charge in [-0.3, -0.25) is 9.58 Å². The zero-order valence-corrected chi connectivity index (χ0v) is 17.0. The molecule has 1 atom stereocenters. The van der Waals surface area contributed by atoms with Crippen molar-refractivity contribution in [3.8, 4) is 0 Å². The zero-order chi connectivity index (χ0) is 18.4. The highest BCUT2D eigenvalue weighted by Gasteiger charge is 2.37. The van der Waals surface area contributed by atoms with E-state index in [0.717, 1.165) is 31.1 Å². The fourth-order valence-electron chi connectivity index (χ4n) is 4.00. The molecule has 7 heteroatoms. The van der Waals surface area contributed by atoms with Gasteiger partial charge in [0.15, 0.2) is 0 Å². The summed E-state index contributed by atoms with van der Waals surface area (Å²) < 4.78 is 30.1. The number of aromatic nitrogens is 2. The Morgan fingerprint density at radius 1 is 1.20 bits per heavy atom. The third-order valence-corrected chi connectivity index (χ3v) is 7.83. The van der Waals surface area contributed by atoms with Gasteiger partial charge in [0.05, 0.1) is 11.4 Å². The Morgan fingerprint density at radius 3 is 2.40 bits per heavy atom. The molecule has 2 heterocycles. The first-order chi connectivity index (χ1) is 11.7. The van der Waals surface area contributed by atoms with E-state index in [1.165, 1.54) is 12.8 Å². The lowest BCUT2D eigenvalue weighted by Crippen LogP contribution is -2.46. The largest absolute Gasteiger partial charge is 0.298 e. The minimum atomic E-state index is -3.51. The van der Waals surface area contributed by atoms with Crippen molar-refractivity contribution >= 4 is 10.0 Å². The molecule has 0 amide bonds. The minimum absolute atomic E-state index is 0.287. The Hall–Kier alpha value is -0.920. The predicted octanol–water partition coefficient (Wildman–Crippen LogP) is 2.17. The van der Waals surface area contributed by atoms with Crippen LogP contribution in [0.15, 0.2) is 4.90 Å². The fourth-order valence-corrected chi connectivity index (χ4v) is 5.89. The van der Waals surface area contributed by atoms with Crippen LogP contribution < -0.4 is 0 Å². The summed E-state index contributed by atoms with van der Waals surface area (Å²) in [5.74, 6) is 1.26. The minimum Gasteiger partial charge on any atom is -0.298 e. The van der Waals surface area contributed by atoms with Gasteiger partial charge in [0.1, 0.15) is 4.90 Å². The van der Waals surface area contributed by atoms with E-state index in [1.54, 1.807) is 23.0 Å². The molecule has 0 aromatic carbocycles. The number of rotatable bonds is 5. The third-order valence-electron chi connectivity index (χ3n) is 5.71. The van der Waals surface area contributed by atoms with E-state index in [0.29, 0.717) is 29.6 Å². The normalized spacial score (nSPS) is 24.0. The molecule has 1 aromatic heterocycles. The highest BCUT2D eigenvalue weighted by Crippen LogP contribution is 2.33. The average molecular weight is 369 g/mol. The topological polar surface area (TPSA) is 58.4 Å². The molecule has 1 saturated heterocycles. The SMILES string of the molecule is Cc1nn(C)c(C)c1S(=O)(=O)N1CCCN(CC2CC2)C(C(C)C)C1. The first-order valence-electron chi connectivity index (χ1n) is 9.46. The average Bonchev–Trinajstić information content (AvgIpc) is 3.30. The second kappa shape index (κ2) is 7.00. The Labute approximate surface area is 152 Å². The van der Waals surface area contributed by atoms with Crippen molar-refractivity contribution in [3.05, 3.63) is 11.4 Å². The molecule has 142 valence electrons. The van der Waals surface area contributed by atoms with Gasteiger partial charge < -0.3 is 0 Å². The number of nitrogens with zero attached hydrogens (tertiary/aromatic N) is 4. The van der Waals surface area contributed by atoms with Crippen LogP contribution in [0.4, 0.5) is 0 Å². The van der Waals surface area contributed by atoms with Gasteiger partial charge in [0.2, 0.25) is 10.0 Å². The second-order valence-electron chi connectivity index (χ2n) is 8.09. The van der Waals surface area contributed by atoms with E-state index in [1.807, 2.05) is 6.92 Å². The summed E-state index contributed by atoms with van der Waals surface area (Å²) in [4.78, 5) is 2.94. The summed E-state index contributed by atoms with van der Waals surface area (Å²) in [6.07, 6.45) is 3.56. The first-order valence-corrected chi connectivity index (χ1v) is 10.9. The number of hydrogen-bond acceptors (Lipinski definition) is 4. The number of sulfonamides is 1. The van der Waals surface area contributed by atoms with E-state index < -0.39 is 10.0 Å². The summed E-state index contributed by atoms with van der Waals surface area (Å²) in [5.41, 5.74) is 1.32. The van der Waals surface area contributed by atoms with E-state index in [9.17, 15) is 8.42 Å². The van der Waals surface area contributed by atoms with Crippen LogP contribution in [0.2, 0.25) is 0 Å². The maximum atomic E-state index is 13.4. The fraction of sp³-hybridized carbons (Fsp3) is 0.833. The molecule has 0 spiro atoms. The number of hydrogen-bond donors (Lipinski definition) is 0. The summed E-state index contributed by atoms with van der Waals surface area (Å²) in [6.45, 7) is 11.3. The van der Waals surface area contributed by atoms with Gasteiger partial charge in [-0.2, -0.15) is 9.40 Å². The van der Waals surface area contributed by atoms with Gasteiger partial charge in [-0.1, -0.05) is 13.8 Å². The quantitative estimate of drug-likeness (QED) is 0.799. The molecule has 1 saturated carbocycles. The van der Waals surface area contributed by atoms with Crippen LogP contribution in [0.3, 0.4) is 0 Å². The van der Waals surface area contributed by atoms with Gasteiger partial charge >= 0.3 is 0 Å². The van der Waals surface area contributed by atoms with Crippen LogP contribution in [-0.2, 0) is 17.1 Å². The van der Waals surface area contributed by atoms with Crippen LogP contribution in [-0.4, -0.2) is 59.6 Å². The van der Waals surface area contributed by atoms with Crippen molar-refractivity contribution in [2.24, 2.45) is 18.9 Å². The van der Waals surface area contributed by atoms with Gasteiger partial charge in [-0.25, -0.2) is 8.42 Å². The highest BCUT2D eigenvalue weighted by molar-refractivity contribution is 7.89. The molecule has 6 nitrogen and oxygen atoms in total. The predicted molar refractivity (Wildman–Crippen MR) is 99.0 cm³/mol. The molecule has 1 aromatic rings. The van der Waals surface area contributed by atoms with Crippen molar-refractivity contribution in [2.75, 3.05) is 26.2 Å². The van der Waals surface area contributed by atoms with Gasteiger partial charge in [-0.15, -0.1) is 0 Å². The van der Waals surface area contributed by atoms with Crippen molar-refractivity contribution in [1.29, 1.82) is 0 Å². The summed E-state index contributed by atoms with van der Waals surface area (Å²) in [5, 5.41) is 4.31. The molecule has 2 fully saturated rings. The van der Waals surface area contributed by atoms with E-state index in [2.05, 4.69) is 23.8 Å². The molecule has 1 aliphatic heterocycles. The summed E-state index contributed by atoms with van der Waals surface area (Å²) >= 11 is 0. The lowest BCUT2D eigenvalue weighted by atomic mass is 10.0. The molecule has 0 N–H and O–H groups in total. The molecule has 25 heavy (non-hydrogen) atoms. The summed E-state index contributed by atoms with van der Waals surface area (Å²) in [6, 6.07) is 0.287. The molecular formula is C18H32N4O2S. The van der Waals surface area contributed by atoms with Crippen molar-refractivity contribution < 1.29 is 8.42 Å². The van der Waals surface area contributed by atoms with E-state index in [-0.39, 0.29) is 6.04 Å². The molecule has 0 radical (unpaired) electrons. The third kappa shape index (κ3) is 3.78. The molecular weight excluding hydrogens is 336 g/mol. The Bertz CT molecular complexity index is 722. The van der Waals surface area contributed by atoms with Crippen molar-refractivity contribution in [2.45, 2.75) is 57.9 Å². The van der Waals surface area contributed by atoms with Crippen LogP contribution in [0.1, 0.15) is 44.5 Å². The molecule has 1 unspecified atom stereocenters. The second-order valence-corrected chi connectivity index (χ2v) is 9.96. The molecule has 0 bridgehead atoms. The van der Waals surface area contributed by atoms with E-state index >= 15 is 0 Å². The molecule has 2 aliphatic rings. The monoisotopic (exact) mass is 368 g/mol. The lowest BCUT2D eigenvalue weighted by Gasteiger charge is -2.34. The van der Waals surface area contributed by atoms with Gasteiger partial charge in [0, 0.05) is 32.7 Å². The Morgan fingerprint density at radius 2 is 1.88 bits per heavy atom. The lowest BCUT2D eigenvalue weighted by molar-refractivity contribution is 0.150. The molecule has 1 aliphatic carbocycles. The maximum Gasteiger partial charge on any atom is 0.246 e. The maximum absolute atomic E-state index is 13.4. The van der Waals surface area contributed by atoms with Crippen LogP contribution in [0, 0.1) is 25.7 Å². The van der Waals surface area contributed by atoms with Crippen molar-refractivity contribution in [3.63, 3.8) is 0 Å². The Balaban J connectivity index is 1.88. The van der Waals surface area contributed by atoms with Crippen LogP contribution in [0.25, 0.3) is 0 Å². The Kier molecular flexibility index (Phi) is 5.28. The zero-order valence-electron chi connectivity index (χ0n) is 16.2.